The smallest absolute Gasteiger partial charge is 0.265 e. The highest BCUT2D eigenvalue weighted by Gasteiger charge is 2.23. The topological polar surface area (TPSA) is 85.1 Å². The minimum atomic E-state index is -3.92. The number of nitrogens with two attached hydrogens (primary N) is 1. The minimum Gasteiger partial charge on any atom is -0.398 e. The van der Waals surface area contributed by atoms with Gasteiger partial charge in [-0.1, -0.05) is 0 Å². The first-order valence-electron chi connectivity index (χ1n) is 6.02. The molecule has 3 N–H and O–H groups in total. The van der Waals surface area contributed by atoms with Crippen LogP contribution in [0.15, 0.2) is 23.1 Å². The van der Waals surface area contributed by atoms with E-state index in [1.807, 2.05) is 0 Å². The quantitative estimate of drug-likeness (QED) is 0.850. The molecular formula is C12H12FN3O2S2. The predicted octanol–water partition coefficient (Wildman–Crippen LogP) is 2.15. The van der Waals surface area contributed by atoms with Gasteiger partial charge in [0.05, 0.1) is 11.4 Å². The first-order valence-corrected chi connectivity index (χ1v) is 8.32. The van der Waals surface area contributed by atoms with Crippen molar-refractivity contribution < 1.29 is 12.8 Å². The second-order valence-corrected chi connectivity index (χ2v) is 7.26. The van der Waals surface area contributed by atoms with E-state index in [0.29, 0.717) is 5.13 Å². The summed E-state index contributed by atoms with van der Waals surface area (Å²) in [7, 11) is -3.92. The summed E-state index contributed by atoms with van der Waals surface area (Å²) in [6, 6.07) is 3.25. The third-order valence-electron chi connectivity index (χ3n) is 3.08. The number of hydrogen-bond donors (Lipinski definition) is 2. The fourth-order valence-corrected chi connectivity index (χ4v) is 4.57. The molecule has 8 heteroatoms. The number of nitrogens with one attached hydrogen (secondary N) is 1. The maximum Gasteiger partial charge on any atom is 0.265 e. The largest absolute Gasteiger partial charge is 0.398 e. The first kappa shape index (κ1) is 13.3. The molecule has 106 valence electrons. The summed E-state index contributed by atoms with van der Waals surface area (Å²) in [4.78, 5) is 5.08. The number of nitrogens with zero attached hydrogens (tertiary/aromatic N) is 1. The molecule has 1 aromatic carbocycles. The maximum absolute atomic E-state index is 13.2. The van der Waals surface area contributed by atoms with Crippen molar-refractivity contribution in [3.63, 3.8) is 0 Å². The van der Waals surface area contributed by atoms with E-state index < -0.39 is 15.8 Å². The van der Waals surface area contributed by atoms with Crippen molar-refractivity contribution in [2.24, 2.45) is 0 Å². The predicted molar refractivity (Wildman–Crippen MR) is 75.8 cm³/mol. The molecule has 0 spiro atoms. The van der Waals surface area contributed by atoms with Gasteiger partial charge in [0.25, 0.3) is 10.0 Å². The maximum atomic E-state index is 13.2. The molecule has 1 aromatic heterocycles. The fraction of sp³-hybridized carbons (Fsp3) is 0.250. The summed E-state index contributed by atoms with van der Waals surface area (Å²) >= 11 is 1.32. The van der Waals surface area contributed by atoms with Crippen LogP contribution in [-0.2, 0) is 22.9 Å². The zero-order valence-electron chi connectivity index (χ0n) is 10.4. The van der Waals surface area contributed by atoms with Crippen LogP contribution in [0.5, 0.6) is 0 Å². The van der Waals surface area contributed by atoms with Crippen LogP contribution in [-0.4, -0.2) is 13.4 Å². The number of anilines is 2. The Labute approximate surface area is 119 Å². The molecular weight excluding hydrogens is 301 g/mol. The Balaban J connectivity index is 1.93. The van der Waals surface area contributed by atoms with Gasteiger partial charge in [-0.2, -0.15) is 0 Å². The lowest BCUT2D eigenvalue weighted by Gasteiger charge is -2.08. The van der Waals surface area contributed by atoms with Gasteiger partial charge < -0.3 is 5.73 Å². The normalized spacial score (nSPS) is 14.2. The Morgan fingerprint density at radius 2 is 2.15 bits per heavy atom. The van der Waals surface area contributed by atoms with E-state index >= 15 is 0 Å². The van der Waals surface area contributed by atoms with Crippen LogP contribution < -0.4 is 10.5 Å². The molecule has 5 nitrogen and oxygen atoms in total. The van der Waals surface area contributed by atoms with Crippen LogP contribution in [0.3, 0.4) is 0 Å². The van der Waals surface area contributed by atoms with Gasteiger partial charge in [0.1, 0.15) is 10.7 Å². The highest BCUT2D eigenvalue weighted by Crippen LogP contribution is 2.32. The molecule has 0 radical (unpaired) electrons. The van der Waals surface area contributed by atoms with Crippen molar-refractivity contribution in [1.29, 1.82) is 0 Å². The number of nitrogen functional groups attached to an aromatic ring is 1. The first-order chi connectivity index (χ1) is 9.45. The Bertz CT molecular complexity index is 750. The number of benzene rings is 1. The second kappa shape index (κ2) is 4.71. The van der Waals surface area contributed by atoms with Crippen molar-refractivity contribution in [3.8, 4) is 0 Å². The zero-order chi connectivity index (χ0) is 14.3. The number of rotatable bonds is 3. The lowest BCUT2D eigenvalue weighted by atomic mass is 10.3. The van der Waals surface area contributed by atoms with Crippen LogP contribution in [0.1, 0.15) is 17.0 Å². The molecule has 3 rings (SSSR count). The lowest BCUT2D eigenvalue weighted by Crippen LogP contribution is -2.15. The number of fused-ring (bicyclic) bond motifs is 1. The lowest BCUT2D eigenvalue weighted by molar-refractivity contribution is 0.596. The highest BCUT2D eigenvalue weighted by molar-refractivity contribution is 7.93. The van der Waals surface area contributed by atoms with Crippen molar-refractivity contribution in [2.45, 2.75) is 24.2 Å². The van der Waals surface area contributed by atoms with Gasteiger partial charge in [0.15, 0.2) is 5.13 Å². The molecule has 20 heavy (non-hydrogen) atoms. The number of aromatic nitrogens is 1. The van der Waals surface area contributed by atoms with Gasteiger partial charge in [-0.25, -0.2) is 17.8 Å². The number of aryl methyl sites for hydroxylation is 2. The molecule has 0 saturated heterocycles. The Morgan fingerprint density at radius 1 is 1.35 bits per heavy atom. The van der Waals surface area contributed by atoms with Crippen molar-refractivity contribution in [3.05, 3.63) is 34.6 Å². The standard InChI is InChI=1S/C12H12FN3O2S2/c13-7-4-5-8(14)11(6-7)20(17,18)16-12-15-9-2-1-3-10(9)19-12/h4-6H,1-3,14H2,(H,15,16). The Morgan fingerprint density at radius 3 is 2.90 bits per heavy atom. The third-order valence-corrected chi connectivity index (χ3v) is 5.68. The van der Waals surface area contributed by atoms with Crippen LogP contribution >= 0.6 is 11.3 Å². The number of hydrogen-bond acceptors (Lipinski definition) is 5. The molecule has 1 heterocycles. The van der Waals surface area contributed by atoms with Gasteiger partial charge in [-0.3, -0.25) is 4.72 Å². The minimum absolute atomic E-state index is 0.00278. The van der Waals surface area contributed by atoms with E-state index in [1.54, 1.807) is 0 Å². The molecule has 1 aliphatic rings. The number of sulfonamides is 1. The summed E-state index contributed by atoms with van der Waals surface area (Å²) in [6.45, 7) is 0. The highest BCUT2D eigenvalue weighted by atomic mass is 32.2. The Hall–Kier alpha value is -1.67. The van der Waals surface area contributed by atoms with Gasteiger partial charge in [0, 0.05) is 4.88 Å². The summed E-state index contributed by atoms with van der Waals surface area (Å²) in [6.07, 6.45) is 2.85. The van der Waals surface area contributed by atoms with Crippen LogP contribution in [0.2, 0.25) is 0 Å². The fourth-order valence-electron chi connectivity index (χ4n) is 2.14. The molecule has 0 amide bonds. The van der Waals surface area contributed by atoms with E-state index in [1.165, 1.54) is 17.4 Å². The van der Waals surface area contributed by atoms with Crippen LogP contribution in [0.4, 0.5) is 15.2 Å². The molecule has 2 aromatic rings. The van der Waals surface area contributed by atoms with Gasteiger partial charge in [-0.05, 0) is 37.5 Å². The molecule has 0 fully saturated rings. The zero-order valence-corrected chi connectivity index (χ0v) is 12.0. The van der Waals surface area contributed by atoms with E-state index in [-0.39, 0.29) is 10.6 Å². The van der Waals surface area contributed by atoms with Crippen molar-refractivity contribution in [2.75, 3.05) is 10.5 Å². The van der Waals surface area contributed by atoms with Crippen molar-refractivity contribution >= 4 is 32.2 Å². The van der Waals surface area contributed by atoms with E-state index in [0.717, 1.165) is 42.0 Å². The van der Waals surface area contributed by atoms with Crippen LogP contribution in [0.25, 0.3) is 0 Å². The average molecular weight is 313 g/mol. The Kier molecular flexibility index (Phi) is 3.14. The molecule has 0 atom stereocenters. The summed E-state index contributed by atoms with van der Waals surface area (Å²) in [5.41, 5.74) is 6.55. The summed E-state index contributed by atoms with van der Waals surface area (Å²) < 4.78 is 40.0. The van der Waals surface area contributed by atoms with Crippen molar-refractivity contribution in [1.82, 2.24) is 4.98 Å². The van der Waals surface area contributed by atoms with E-state index in [9.17, 15) is 12.8 Å². The number of halogens is 1. The SMILES string of the molecule is Nc1ccc(F)cc1S(=O)(=O)Nc1nc2c(s1)CCC2. The molecule has 1 aliphatic carbocycles. The third kappa shape index (κ3) is 2.36. The van der Waals surface area contributed by atoms with Crippen LogP contribution in [0, 0.1) is 5.82 Å². The van der Waals surface area contributed by atoms with Gasteiger partial charge >= 0.3 is 0 Å². The molecule has 0 unspecified atom stereocenters. The van der Waals surface area contributed by atoms with E-state index in [4.69, 9.17) is 5.73 Å². The summed E-state index contributed by atoms with van der Waals surface area (Å²) in [5.74, 6) is -0.652. The van der Waals surface area contributed by atoms with Gasteiger partial charge in [-0.15, -0.1) is 11.3 Å². The average Bonchev–Trinajstić information content (AvgIpc) is 2.92. The monoisotopic (exact) mass is 313 g/mol. The second-order valence-electron chi connectivity index (χ2n) is 4.53. The molecule has 0 aliphatic heterocycles. The van der Waals surface area contributed by atoms with Gasteiger partial charge in [0.2, 0.25) is 0 Å². The molecule has 0 bridgehead atoms. The summed E-state index contributed by atoms with van der Waals surface area (Å²) in [5, 5.41) is 0.304. The number of thiazole rings is 1. The molecule has 0 saturated carbocycles. The van der Waals surface area contributed by atoms with E-state index in [2.05, 4.69) is 9.71 Å².